The lowest BCUT2D eigenvalue weighted by Gasteiger charge is -2.12. The fourth-order valence-electron chi connectivity index (χ4n) is 3.07. The van der Waals surface area contributed by atoms with Crippen LogP contribution in [-0.4, -0.2) is 56.0 Å². The van der Waals surface area contributed by atoms with Crippen LogP contribution in [0.2, 0.25) is 0 Å². The molecule has 2 aromatic carbocycles. The first kappa shape index (κ1) is 21.2. The van der Waals surface area contributed by atoms with Gasteiger partial charge in [-0.05, 0) is 42.3 Å². The SMILES string of the molecule is COCCCN1C(=O)c2ccc(C(=O)OCc3ccc(C(=O)OC)cc3)cc2C1=O. The molecule has 0 fully saturated rings. The summed E-state index contributed by atoms with van der Waals surface area (Å²) in [5.74, 6) is -1.88. The number of hydrogen-bond donors (Lipinski definition) is 0. The van der Waals surface area contributed by atoms with Crippen LogP contribution in [0.1, 0.15) is 53.4 Å². The highest BCUT2D eigenvalue weighted by Crippen LogP contribution is 2.24. The normalized spacial score (nSPS) is 12.7. The van der Waals surface area contributed by atoms with Gasteiger partial charge in [0.15, 0.2) is 0 Å². The van der Waals surface area contributed by atoms with Gasteiger partial charge in [0.25, 0.3) is 11.8 Å². The number of hydrogen-bond acceptors (Lipinski definition) is 7. The maximum atomic E-state index is 12.5. The average molecular weight is 411 g/mol. The second-order valence-electron chi connectivity index (χ2n) is 6.63. The Bertz CT molecular complexity index is 981. The third kappa shape index (κ3) is 4.38. The predicted octanol–water partition coefficient (Wildman–Crippen LogP) is 2.46. The summed E-state index contributed by atoms with van der Waals surface area (Å²) in [5.41, 5.74) is 1.72. The van der Waals surface area contributed by atoms with Gasteiger partial charge in [0, 0.05) is 20.3 Å². The van der Waals surface area contributed by atoms with E-state index in [0.717, 1.165) is 4.90 Å². The minimum atomic E-state index is -0.618. The van der Waals surface area contributed by atoms with E-state index in [1.54, 1.807) is 31.4 Å². The number of rotatable bonds is 8. The number of carbonyl (C=O) groups excluding carboxylic acids is 4. The number of benzene rings is 2. The Morgan fingerprint density at radius 2 is 1.53 bits per heavy atom. The molecule has 0 bridgehead atoms. The van der Waals surface area contributed by atoms with Crippen molar-refractivity contribution in [2.24, 2.45) is 0 Å². The van der Waals surface area contributed by atoms with Gasteiger partial charge in [0.05, 0.1) is 29.4 Å². The summed E-state index contributed by atoms with van der Waals surface area (Å²) in [7, 11) is 2.85. The van der Waals surface area contributed by atoms with Crippen molar-refractivity contribution in [2.75, 3.05) is 27.4 Å². The summed E-state index contributed by atoms with van der Waals surface area (Å²) in [6.45, 7) is 0.681. The van der Waals surface area contributed by atoms with Gasteiger partial charge in [-0.2, -0.15) is 0 Å². The molecule has 0 N–H and O–H groups in total. The Kier molecular flexibility index (Phi) is 6.58. The van der Waals surface area contributed by atoms with Crippen molar-refractivity contribution >= 4 is 23.8 Å². The lowest BCUT2D eigenvalue weighted by molar-refractivity contribution is 0.0471. The Morgan fingerprint density at radius 1 is 0.867 bits per heavy atom. The van der Waals surface area contributed by atoms with E-state index < -0.39 is 17.8 Å². The molecule has 2 aromatic rings. The molecule has 156 valence electrons. The molecule has 3 rings (SSSR count). The Balaban J connectivity index is 1.65. The molecule has 0 saturated carbocycles. The highest BCUT2D eigenvalue weighted by atomic mass is 16.5. The van der Waals surface area contributed by atoms with Crippen LogP contribution in [0, 0.1) is 0 Å². The highest BCUT2D eigenvalue weighted by molar-refractivity contribution is 6.21. The maximum Gasteiger partial charge on any atom is 0.338 e. The predicted molar refractivity (Wildman–Crippen MR) is 105 cm³/mol. The van der Waals surface area contributed by atoms with Crippen LogP contribution in [0.25, 0.3) is 0 Å². The van der Waals surface area contributed by atoms with E-state index in [-0.39, 0.29) is 35.7 Å². The molecular weight excluding hydrogens is 390 g/mol. The molecule has 1 aliphatic heterocycles. The topological polar surface area (TPSA) is 99.2 Å². The van der Waals surface area contributed by atoms with Gasteiger partial charge in [-0.1, -0.05) is 12.1 Å². The van der Waals surface area contributed by atoms with Crippen molar-refractivity contribution in [1.29, 1.82) is 0 Å². The van der Waals surface area contributed by atoms with E-state index in [2.05, 4.69) is 4.74 Å². The van der Waals surface area contributed by atoms with Gasteiger partial charge in [-0.15, -0.1) is 0 Å². The summed E-state index contributed by atoms with van der Waals surface area (Å²) in [6, 6.07) is 10.8. The van der Waals surface area contributed by atoms with Gasteiger partial charge in [0.2, 0.25) is 0 Å². The van der Waals surface area contributed by atoms with E-state index in [1.807, 2.05) is 0 Å². The number of ether oxygens (including phenoxy) is 3. The van der Waals surface area contributed by atoms with Gasteiger partial charge in [-0.3, -0.25) is 14.5 Å². The number of fused-ring (bicyclic) bond motifs is 1. The molecule has 0 saturated heterocycles. The summed E-state index contributed by atoms with van der Waals surface area (Å²) in [6.07, 6.45) is 0.533. The van der Waals surface area contributed by atoms with Gasteiger partial charge in [-0.25, -0.2) is 9.59 Å². The number of esters is 2. The first-order valence-corrected chi connectivity index (χ1v) is 9.29. The van der Waals surface area contributed by atoms with Crippen molar-refractivity contribution in [3.05, 3.63) is 70.3 Å². The molecule has 1 heterocycles. The molecule has 0 atom stereocenters. The van der Waals surface area contributed by atoms with E-state index >= 15 is 0 Å². The second-order valence-corrected chi connectivity index (χ2v) is 6.63. The number of nitrogens with zero attached hydrogens (tertiary/aromatic N) is 1. The van der Waals surface area contributed by atoms with Crippen LogP contribution in [0.3, 0.4) is 0 Å². The van der Waals surface area contributed by atoms with Crippen LogP contribution in [0.15, 0.2) is 42.5 Å². The van der Waals surface area contributed by atoms with Crippen molar-refractivity contribution in [1.82, 2.24) is 4.90 Å². The molecule has 8 nitrogen and oxygen atoms in total. The molecule has 30 heavy (non-hydrogen) atoms. The lowest BCUT2D eigenvalue weighted by Crippen LogP contribution is -2.31. The van der Waals surface area contributed by atoms with Crippen LogP contribution < -0.4 is 0 Å². The second kappa shape index (κ2) is 9.32. The average Bonchev–Trinajstić information content (AvgIpc) is 3.01. The monoisotopic (exact) mass is 411 g/mol. The summed E-state index contributed by atoms with van der Waals surface area (Å²) in [5, 5.41) is 0. The number of amides is 2. The molecule has 0 spiro atoms. The fourth-order valence-corrected chi connectivity index (χ4v) is 3.07. The third-order valence-electron chi connectivity index (χ3n) is 4.68. The zero-order chi connectivity index (χ0) is 21.7. The molecular formula is C22H21NO7. The molecule has 0 aromatic heterocycles. The molecule has 0 radical (unpaired) electrons. The molecule has 0 unspecified atom stereocenters. The lowest BCUT2D eigenvalue weighted by atomic mass is 10.1. The summed E-state index contributed by atoms with van der Waals surface area (Å²) >= 11 is 0. The van der Waals surface area contributed by atoms with Crippen LogP contribution >= 0.6 is 0 Å². The van der Waals surface area contributed by atoms with Crippen molar-refractivity contribution < 1.29 is 33.4 Å². The first-order valence-electron chi connectivity index (χ1n) is 9.29. The van der Waals surface area contributed by atoms with E-state index in [9.17, 15) is 19.2 Å². The Morgan fingerprint density at radius 3 is 2.20 bits per heavy atom. The van der Waals surface area contributed by atoms with E-state index in [0.29, 0.717) is 24.2 Å². The van der Waals surface area contributed by atoms with Gasteiger partial charge < -0.3 is 14.2 Å². The summed E-state index contributed by atoms with van der Waals surface area (Å²) < 4.78 is 14.9. The zero-order valence-electron chi connectivity index (χ0n) is 16.7. The molecule has 2 amide bonds. The van der Waals surface area contributed by atoms with Crippen molar-refractivity contribution in [2.45, 2.75) is 13.0 Å². The molecule has 0 aliphatic carbocycles. The first-order chi connectivity index (χ1) is 14.5. The quantitative estimate of drug-likeness (QED) is 0.374. The van der Waals surface area contributed by atoms with E-state index in [4.69, 9.17) is 9.47 Å². The van der Waals surface area contributed by atoms with Crippen LogP contribution in [0.5, 0.6) is 0 Å². The van der Waals surface area contributed by atoms with Crippen molar-refractivity contribution in [3.8, 4) is 0 Å². The number of imide groups is 1. The molecule has 8 heteroatoms. The summed E-state index contributed by atoms with van der Waals surface area (Å²) in [4.78, 5) is 49.9. The Labute approximate surface area is 173 Å². The van der Waals surface area contributed by atoms with Crippen molar-refractivity contribution in [3.63, 3.8) is 0 Å². The van der Waals surface area contributed by atoms with Crippen LogP contribution in [-0.2, 0) is 20.8 Å². The number of methoxy groups -OCH3 is 2. The standard InChI is InChI=1S/C22H21NO7/c1-28-11-3-10-23-19(24)17-9-8-16(12-18(17)20(23)25)22(27)30-13-14-4-6-15(7-5-14)21(26)29-2/h4-9,12H,3,10-11,13H2,1-2H3. The number of carbonyl (C=O) groups is 4. The van der Waals surface area contributed by atoms with Crippen LogP contribution in [0.4, 0.5) is 0 Å². The largest absolute Gasteiger partial charge is 0.465 e. The maximum absolute atomic E-state index is 12.5. The smallest absolute Gasteiger partial charge is 0.338 e. The third-order valence-corrected chi connectivity index (χ3v) is 4.68. The zero-order valence-corrected chi connectivity index (χ0v) is 16.7. The molecule has 1 aliphatic rings. The highest BCUT2D eigenvalue weighted by Gasteiger charge is 2.35. The minimum Gasteiger partial charge on any atom is -0.465 e. The van der Waals surface area contributed by atoms with Gasteiger partial charge >= 0.3 is 11.9 Å². The van der Waals surface area contributed by atoms with Gasteiger partial charge in [0.1, 0.15) is 6.61 Å². The van der Waals surface area contributed by atoms with E-state index in [1.165, 1.54) is 25.3 Å². The fraction of sp³-hybridized carbons (Fsp3) is 0.273. The minimum absolute atomic E-state index is 0.00656. The Hall–Kier alpha value is -3.52.